The lowest BCUT2D eigenvalue weighted by Gasteiger charge is -2.34. The van der Waals surface area contributed by atoms with Crippen molar-refractivity contribution in [3.8, 4) is 0 Å². The van der Waals surface area contributed by atoms with Crippen LogP contribution in [0.2, 0.25) is 10.0 Å². The highest BCUT2D eigenvalue weighted by Gasteiger charge is 2.33. The van der Waals surface area contributed by atoms with E-state index in [-0.39, 0.29) is 21.7 Å². The predicted octanol–water partition coefficient (Wildman–Crippen LogP) is 3.38. The predicted molar refractivity (Wildman–Crippen MR) is 116 cm³/mol. The minimum absolute atomic E-state index is 0.0187. The molecule has 1 aromatic rings. The normalized spacial score (nSPS) is 22.5. The van der Waals surface area contributed by atoms with Crippen molar-refractivity contribution in [1.82, 2.24) is 14.5 Å². The zero-order valence-electron chi connectivity index (χ0n) is 16.7. The smallest absolute Gasteiger partial charge is 0.244 e. The maximum absolute atomic E-state index is 12.9. The highest BCUT2D eigenvalue weighted by Crippen LogP contribution is 2.30. The third-order valence-corrected chi connectivity index (χ3v) is 8.59. The van der Waals surface area contributed by atoms with Crippen LogP contribution in [-0.2, 0) is 14.8 Å². The highest BCUT2D eigenvalue weighted by atomic mass is 35.5. The van der Waals surface area contributed by atoms with E-state index in [0.717, 1.165) is 13.1 Å². The molecule has 9 heteroatoms. The summed E-state index contributed by atoms with van der Waals surface area (Å²) in [7, 11) is -3.72. The number of benzene rings is 1. The first kappa shape index (κ1) is 22.8. The molecule has 2 heterocycles. The van der Waals surface area contributed by atoms with Crippen LogP contribution in [0.4, 0.5) is 0 Å². The van der Waals surface area contributed by atoms with Crippen LogP contribution in [-0.4, -0.2) is 62.3 Å². The summed E-state index contributed by atoms with van der Waals surface area (Å²) in [5, 5.41) is 3.51. The van der Waals surface area contributed by atoms with Crippen molar-refractivity contribution in [2.45, 2.75) is 50.0 Å². The number of carbonyl (C=O) groups is 1. The molecule has 0 spiro atoms. The van der Waals surface area contributed by atoms with E-state index in [4.69, 9.17) is 23.2 Å². The first-order valence-corrected chi connectivity index (χ1v) is 12.5. The molecule has 1 amide bonds. The molecule has 1 atom stereocenters. The molecule has 162 valence electrons. The summed E-state index contributed by atoms with van der Waals surface area (Å²) >= 11 is 12.0. The Morgan fingerprint density at radius 2 is 1.86 bits per heavy atom. The Morgan fingerprint density at radius 1 is 1.14 bits per heavy atom. The van der Waals surface area contributed by atoms with Gasteiger partial charge in [-0.3, -0.25) is 9.69 Å². The average molecular weight is 462 g/mol. The number of amides is 1. The van der Waals surface area contributed by atoms with Gasteiger partial charge in [0.1, 0.15) is 4.90 Å². The van der Waals surface area contributed by atoms with E-state index < -0.39 is 10.0 Å². The van der Waals surface area contributed by atoms with Crippen LogP contribution in [0.25, 0.3) is 0 Å². The van der Waals surface area contributed by atoms with E-state index in [1.165, 1.54) is 35.7 Å². The molecule has 29 heavy (non-hydrogen) atoms. The van der Waals surface area contributed by atoms with Gasteiger partial charge in [0.05, 0.1) is 5.02 Å². The number of hydrogen-bond donors (Lipinski definition) is 1. The molecule has 0 aliphatic carbocycles. The SMILES string of the molecule is C[C@@H]1CCCCN1CCNC(=O)C1CCN(S(=O)(=O)c2cc(Cl)ccc2Cl)CC1. The Morgan fingerprint density at radius 3 is 2.55 bits per heavy atom. The van der Waals surface area contributed by atoms with Crippen LogP contribution in [0.3, 0.4) is 0 Å². The lowest BCUT2D eigenvalue weighted by molar-refractivity contribution is -0.126. The molecule has 0 saturated carbocycles. The van der Waals surface area contributed by atoms with Crippen molar-refractivity contribution in [2.24, 2.45) is 5.92 Å². The second-order valence-corrected chi connectivity index (χ2v) is 10.7. The molecule has 0 aromatic heterocycles. The molecule has 0 radical (unpaired) electrons. The lowest BCUT2D eigenvalue weighted by atomic mass is 9.97. The zero-order chi connectivity index (χ0) is 21.0. The highest BCUT2D eigenvalue weighted by molar-refractivity contribution is 7.89. The molecule has 0 bridgehead atoms. The summed E-state index contributed by atoms with van der Waals surface area (Å²) in [5.41, 5.74) is 0. The fourth-order valence-electron chi connectivity index (χ4n) is 4.13. The summed E-state index contributed by atoms with van der Waals surface area (Å²) in [6.07, 6.45) is 4.73. The number of sulfonamides is 1. The molecule has 1 N–H and O–H groups in total. The number of likely N-dealkylation sites (tertiary alicyclic amines) is 1. The first-order chi connectivity index (χ1) is 13.8. The number of rotatable bonds is 6. The summed E-state index contributed by atoms with van der Waals surface area (Å²) in [4.78, 5) is 15.0. The molecular formula is C20H29Cl2N3O3S. The van der Waals surface area contributed by atoms with Gasteiger partial charge >= 0.3 is 0 Å². The van der Waals surface area contributed by atoms with Gasteiger partial charge in [-0.2, -0.15) is 4.31 Å². The van der Waals surface area contributed by atoms with Gasteiger partial charge in [0.15, 0.2) is 0 Å². The first-order valence-electron chi connectivity index (χ1n) is 10.3. The molecule has 0 unspecified atom stereocenters. The third-order valence-electron chi connectivity index (χ3n) is 5.97. The number of carbonyl (C=O) groups excluding carboxylic acids is 1. The van der Waals surface area contributed by atoms with E-state index in [1.54, 1.807) is 6.07 Å². The second-order valence-electron chi connectivity index (χ2n) is 7.92. The van der Waals surface area contributed by atoms with Crippen molar-refractivity contribution in [1.29, 1.82) is 0 Å². The van der Waals surface area contributed by atoms with Crippen LogP contribution in [0.5, 0.6) is 0 Å². The summed E-state index contributed by atoms with van der Waals surface area (Å²) in [6.45, 7) is 5.44. The molecule has 3 rings (SSSR count). The molecule has 2 fully saturated rings. The van der Waals surface area contributed by atoms with E-state index in [1.807, 2.05) is 0 Å². The van der Waals surface area contributed by atoms with Gasteiger partial charge in [0.2, 0.25) is 15.9 Å². The fraction of sp³-hybridized carbons (Fsp3) is 0.650. The van der Waals surface area contributed by atoms with Gasteiger partial charge < -0.3 is 5.32 Å². The van der Waals surface area contributed by atoms with Crippen molar-refractivity contribution in [2.75, 3.05) is 32.7 Å². The maximum Gasteiger partial charge on any atom is 0.244 e. The summed E-state index contributed by atoms with van der Waals surface area (Å²) < 4.78 is 27.2. The Kier molecular flexibility index (Phi) is 7.84. The van der Waals surface area contributed by atoms with E-state index in [0.29, 0.717) is 43.5 Å². The largest absolute Gasteiger partial charge is 0.355 e. The van der Waals surface area contributed by atoms with Gasteiger partial charge in [0, 0.05) is 43.2 Å². The molecule has 6 nitrogen and oxygen atoms in total. The van der Waals surface area contributed by atoms with Crippen LogP contribution in [0.1, 0.15) is 39.0 Å². The zero-order valence-corrected chi connectivity index (χ0v) is 19.1. The van der Waals surface area contributed by atoms with Crippen LogP contribution in [0.15, 0.2) is 23.1 Å². The van der Waals surface area contributed by atoms with E-state index in [9.17, 15) is 13.2 Å². The van der Waals surface area contributed by atoms with Gasteiger partial charge in [-0.25, -0.2) is 8.42 Å². The van der Waals surface area contributed by atoms with Crippen molar-refractivity contribution < 1.29 is 13.2 Å². The van der Waals surface area contributed by atoms with Crippen LogP contribution >= 0.6 is 23.2 Å². The van der Waals surface area contributed by atoms with Crippen molar-refractivity contribution in [3.63, 3.8) is 0 Å². The molecule has 2 saturated heterocycles. The minimum Gasteiger partial charge on any atom is -0.355 e. The van der Waals surface area contributed by atoms with Crippen LogP contribution in [0, 0.1) is 5.92 Å². The van der Waals surface area contributed by atoms with Crippen molar-refractivity contribution >= 4 is 39.1 Å². The van der Waals surface area contributed by atoms with E-state index >= 15 is 0 Å². The topological polar surface area (TPSA) is 69.7 Å². The Balaban J connectivity index is 1.49. The Bertz CT molecular complexity index is 826. The molecule has 1 aromatic carbocycles. The van der Waals surface area contributed by atoms with Gasteiger partial charge in [0.25, 0.3) is 0 Å². The van der Waals surface area contributed by atoms with Gasteiger partial charge in [-0.15, -0.1) is 0 Å². The minimum atomic E-state index is -3.72. The second kappa shape index (κ2) is 9.96. The van der Waals surface area contributed by atoms with Crippen molar-refractivity contribution in [3.05, 3.63) is 28.2 Å². The molecule has 2 aliphatic heterocycles. The third kappa shape index (κ3) is 5.64. The Hall–Kier alpha value is -0.860. The average Bonchev–Trinajstić information content (AvgIpc) is 2.71. The number of halogens is 2. The molecular weight excluding hydrogens is 433 g/mol. The summed E-state index contributed by atoms with van der Waals surface area (Å²) in [5.74, 6) is -0.137. The van der Waals surface area contributed by atoms with Crippen LogP contribution < -0.4 is 5.32 Å². The number of nitrogens with zero attached hydrogens (tertiary/aromatic N) is 2. The Labute approximate surface area is 183 Å². The summed E-state index contributed by atoms with van der Waals surface area (Å²) in [6, 6.07) is 5.00. The monoisotopic (exact) mass is 461 g/mol. The number of hydrogen-bond acceptors (Lipinski definition) is 4. The standard InChI is InChI=1S/C20H29Cl2N3O3S/c1-15-4-2-3-10-24(15)13-9-23-20(26)16-7-11-25(12-8-16)29(27,28)19-14-17(21)5-6-18(19)22/h5-6,14-16H,2-4,7-13H2,1H3,(H,23,26)/t15-/m1/s1. The maximum atomic E-state index is 12.9. The fourth-order valence-corrected chi connectivity index (χ4v) is 6.34. The van der Waals surface area contributed by atoms with Gasteiger partial charge in [-0.05, 0) is 57.4 Å². The lowest BCUT2D eigenvalue weighted by Crippen LogP contribution is -2.46. The quantitative estimate of drug-likeness (QED) is 0.704. The van der Waals surface area contributed by atoms with Gasteiger partial charge in [-0.1, -0.05) is 29.6 Å². The molecule has 2 aliphatic rings. The number of piperidine rings is 2. The number of nitrogens with one attached hydrogen (secondary N) is 1. The van der Waals surface area contributed by atoms with E-state index in [2.05, 4.69) is 17.1 Å².